The quantitative estimate of drug-likeness (QED) is 0.771. The number of methoxy groups -OCH3 is 2. The van der Waals surface area contributed by atoms with Gasteiger partial charge >= 0.3 is 0 Å². The van der Waals surface area contributed by atoms with Gasteiger partial charge in [-0.1, -0.05) is 0 Å². The SMILES string of the molecule is COc1cc(OC)nc(CCCn2ccnc2)n1. The molecule has 0 atom stereocenters. The van der Waals surface area contributed by atoms with Crippen molar-refractivity contribution >= 4 is 0 Å². The average Bonchev–Trinajstić information content (AvgIpc) is 2.91. The van der Waals surface area contributed by atoms with Crippen LogP contribution >= 0.6 is 0 Å². The van der Waals surface area contributed by atoms with Gasteiger partial charge in [0.25, 0.3) is 0 Å². The number of ether oxygens (including phenoxy) is 2. The summed E-state index contributed by atoms with van der Waals surface area (Å²) >= 11 is 0. The molecule has 0 saturated carbocycles. The third-order valence-electron chi connectivity index (χ3n) is 2.52. The standard InChI is InChI=1S/C12H16N4O2/c1-17-11-8-12(18-2)15-10(14-11)4-3-6-16-7-5-13-9-16/h5,7-9H,3-4,6H2,1-2H3. The molecule has 0 saturated heterocycles. The van der Waals surface area contributed by atoms with Crippen molar-refractivity contribution in [3.05, 3.63) is 30.6 Å². The summed E-state index contributed by atoms with van der Waals surface area (Å²) in [6, 6.07) is 1.67. The molecule has 96 valence electrons. The molecule has 2 aromatic rings. The van der Waals surface area contributed by atoms with Crippen molar-refractivity contribution < 1.29 is 9.47 Å². The van der Waals surface area contributed by atoms with Crippen molar-refractivity contribution in [2.75, 3.05) is 14.2 Å². The first-order valence-corrected chi connectivity index (χ1v) is 5.73. The van der Waals surface area contributed by atoms with Gasteiger partial charge in [-0.15, -0.1) is 0 Å². The fraction of sp³-hybridized carbons (Fsp3) is 0.417. The summed E-state index contributed by atoms with van der Waals surface area (Å²) in [5, 5.41) is 0. The van der Waals surface area contributed by atoms with Crippen LogP contribution in [-0.2, 0) is 13.0 Å². The van der Waals surface area contributed by atoms with E-state index in [1.807, 2.05) is 10.8 Å². The van der Waals surface area contributed by atoms with Gasteiger partial charge in [0.05, 0.1) is 26.6 Å². The Bertz CT molecular complexity index is 463. The van der Waals surface area contributed by atoms with Crippen LogP contribution in [0.1, 0.15) is 12.2 Å². The molecule has 0 bridgehead atoms. The number of rotatable bonds is 6. The Morgan fingerprint density at radius 3 is 2.44 bits per heavy atom. The van der Waals surface area contributed by atoms with Crippen LogP contribution in [0.5, 0.6) is 11.8 Å². The van der Waals surface area contributed by atoms with Crippen LogP contribution in [0, 0.1) is 0 Å². The van der Waals surface area contributed by atoms with Gasteiger partial charge in [0, 0.05) is 25.4 Å². The zero-order chi connectivity index (χ0) is 12.8. The summed E-state index contributed by atoms with van der Waals surface area (Å²) in [4.78, 5) is 12.6. The summed E-state index contributed by atoms with van der Waals surface area (Å²) in [5.41, 5.74) is 0. The number of imidazole rings is 1. The minimum absolute atomic E-state index is 0.527. The Labute approximate surface area is 106 Å². The Kier molecular flexibility index (Phi) is 4.11. The van der Waals surface area contributed by atoms with E-state index in [-0.39, 0.29) is 0 Å². The van der Waals surface area contributed by atoms with E-state index in [0.717, 1.165) is 25.2 Å². The van der Waals surface area contributed by atoms with Gasteiger partial charge in [-0.25, -0.2) is 4.98 Å². The van der Waals surface area contributed by atoms with Crippen LogP contribution < -0.4 is 9.47 Å². The molecule has 0 radical (unpaired) electrons. The van der Waals surface area contributed by atoms with Crippen molar-refractivity contribution in [2.24, 2.45) is 0 Å². The first-order valence-electron chi connectivity index (χ1n) is 5.73. The topological polar surface area (TPSA) is 62.1 Å². The van der Waals surface area contributed by atoms with Crippen molar-refractivity contribution in [3.63, 3.8) is 0 Å². The molecule has 6 nitrogen and oxygen atoms in total. The molecule has 18 heavy (non-hydrogen) atoms. The second-order valence-electron chi connectivity index (χ2n) is 3.77. The minimum Gasteiger partial charge on any atom is -0.481 e. The van der Waals surface area contributed by atoms with E-state index in [2.05, 4.69) is 15.0 Å². The largest absolute Gasteiger partial charge is 0.481 e. The molecule has 0 aromatic carbocycles. The molecule has 0 aliphatic rings. The molecule has 0 aliphatic heterocycles. The fourth-order valence-electron chi connectivity index (χ4n) is 1.61. The summed E-state index contributed by atoms with van der Waals surface area (Å²) in [5.74, 6) is 1.78. The van der Waals surface area contributed by atoms with Gasteiger partial charge in [-0.2, -0.15) is 9.97 Å². The van der Waals surface area contributed by atoms with Gasteiger partial charge in [0.1, 0.15) is 5.82 Å². The van der Waals surface area contributed by atoms with Crippen LogP contribution in [0.2, 0.25) is 0 Å². The second-order valence-corrected chi connectivity index (χ2v) is 3.77. The maximum Gasteiger partial charge on any atom is 0.220 e. The number of nitrogens with zero attached hydrogens (tertiary/aromatic N) is 4. The molecule has 0 N–H and O–H groups in total. The lowest BCUT2D eigenvalue weighted by Crippen LogP contribution is -2.03. The third kappa shape index (κ3) is 3.19. The first kappa shape index (κ1) is 12.3. The number of hydrogen-bond donors (Lipinski definition) is 0. The predicted octanol–water partition coefficient (Wildman–Crippen LogP) is 1.32. The molecule has 0 fully saturated rings. The fourth-order valence-corrected chi connectivity index (χ4v) is 1.61. The van der Waals surface area contributed by atoms with Gasteiger partial charge in [-0.05, 0) is 6.42 Å². The lowest BCUT2D eigenvalue weighted by Gasteiger charge is -2.06. The normalized spacial score (nSPS) is 10.3. The molecule has 2 aromatic heterocycles. The Hall–Kier alpha value is -2.11. The van der Waals surface area contributed by atoms with Gasteiger partial charge < -0.3 is 14.0 Å². The van der Waals surface area contributed by atoms with Crippen LogP contribution in [-0.4, -0.2) is 33.7 Å². The molecule has 6 heteroatoms. The molecular formula is C12H16N4O2. The summed E-state index contributed by atoms with van der Waals surface area (Å²) in [6.07, 6.45) is 7.21. The smallest absolute Gasteiger partial charge is 0.220 e. The number of aryl methyl sites for hydroxylation is 2. The zero-order valence-electron chi connectivity index (χ0n) is 10.5. The van der Waals surface area contributed by atoms with Crippen molar-refractivity contribution in [3.8, 4) is 11.8 Å². The first-order chi connectivity index (χ1) is 8.81. The zero-order valence-corrected chi connectivity index (χ0v) is 10.5. The highest BCUT2D eigenvalue weighted by atomic mass is 16.5. The highest BCUT2D eigenvalue weighted by Gasteiger charge is 2.05. The van der Waals surface area contributed by atoms with Crippen LogP contribution in [0.4, 0.5) is 0 Å². The third-order valence-corrected chi connectivity index (χ3v) is 2.52. The van der Waals surface area contributed by atoms with Crippen LogP contribution in [0.15, 0.2) is 24.8 Å². The van der Waals surface area contributed by atoms with Crippen molar-refractivity contribution in [1.82, 2.24) is 19.5 Å². The molecular weight excluding hydrogens is 232 g/mol. The summed E-state index contributed by atoms with van der Waals surface area (Å²) < 4.78 is 12.2. The van der Waals surface area contributed by atoms with E-state index >= 15 is 0 Å². The van der Waals surface area contributed by atoms with Gasteiger partial charge in [0.15, 0.2) is 0 Å². The van der Waals surface area contributed by atoms with Gasteiger partial charge in [0.2, 0.25) is 11.8 Å². The minimum atomic E-state index is 0.527. The highest BCUT2D eigenvalue weighted by molar-refractivity contribution is 5.20. The molecule has 0 unspecified atom stereocenters. The summed E-state index contributed by atoms with van der Waals surface area (Å²) in [7, 11) is 3.16. The Morgan fingerprint density at radius 2 is 1.89 bits per heavy atom. The van der Waals surface area contributed by atoms with E-state index < -0.39 is 0 Å². The molecule has 2 heterocycles. The Balaban J connectivity index is 1.95. The molecule has 0 spiro atoms. The van der Waals surface area contributed by atoms with E-state index in [4.69, 9.17) is 9.47 Å². The lowest BCUT2D eigenvalue weighted by atomic mass is 10.3. The lowest BCUT2D eigenvalue weighted by molar-refractivity contribution is 0.367. The maximum absolute atomic E-state index is 5.10. The summed E-state index contributed by atoms with van der Waals surface area (Å²) in [6.45, 7) is 0.892. The van der Waals surface area contributed by atoms with Crippen molar-refractivity contribution in [1.29, 1.82) is 0 Å². The molecule has 0 amide bonds. The molecule has 0 aliphatic carbocycles. The van der Waals surface area contributed by atoms with Crippen LogP contribution in [0.3, 0.4) is 0 Å². The van der Waals surface area contributed by atoms with Crippen molar-refractivity contribution in [2.45, 2.75) is 19.4 Å². The second kappa shape index (κ2) is 6.00. The van der Waals surface area contributed by atoms with E-state index in [9.17, 15) is 0 Å². The maximum atomic E-state index is 5.10. The number of hydrogen-bond acceptors (Lipinski definition) is 5. The average molecular weight is 248 g/mol. The monoisotopic (exact) mass is 248 g/mol. The van der Waals surface area contributed by atoms with Gasteiger partial charge in [-0.3, -0.25) is 0 Å². The van der Waals surface area contributed by atoms with E-state index in [0.29, 0.717) is 11.8 Å². The van der Waals surface area contributed by atoms with Crippen LogP contribution in [0.25, 0.3) is 0 Å². The van der Waals surface area contributed by atoms with E-state index in [1.165, 1.54) is 0 Å². The van der Waals surface area contributed by atoms with E-state index in [1.54, 1.807) is 32.8 Å². The number of aromatic nitrogens is 4. The highest BCUT2D eigenvalue weighted by Crippen LogP contribution is 2.15. The predicted molar refractivity (Wildman–Crippen MR) is 65.7 cm³/mol. The molecule has 2 rings (SSSR count). The Morgan fingerprint density at radius 1 is 1.17 bits per heavy atom.